The van der Waals surface area contributed by atoms with Gasteiger partial charge < -0.3 is 5.71 Å². The quantitative estimate of drug-likeness (QED) is 0.378. The Kier molecular flexibility index (Phi) is 112. The molecule has 1 radical (unpaired) electrons. The molecule has 0 fully saturated rings. The van der Waals surface area contributed by atoms with Gasteiger partial charge in [-0.1, -0.05) is 0 Å². The Morgan fingerprint density at radius 3 is 1.40 bits per heavy atom. The third kappa shape index (κ3) is 17.9. The average molecular weight is 230 g/mol. The van der Waals surface area contributed by atoms with E-state index in [2.05, 4.69) is 7.72 Å². The molecule has 0 amide bonds. The fourth-order valence-electron chi connectivity index (χ4n) is 0. The van der Waals surface area contributed by atoms with E-state index in [1.807, 2.05) is 0 Å². The third-order valence-corrected chi connectivity index (χ3v) is 0. The second-order valence-corrected chi connectivity index (χ2v) is 0. The molecule has 0 aromatic heterocycles. The van der Waals surface area contributed by atoms with E-state index in [1.54, 1.807) is 0 Å². The summed E-state index contributed by atoms with van der Waals surface area (Å²) in [5.41, 5.74) is 0. The van der Waals surface area contributed by atoms with E-state index in [0.29, 0.717) is 0 Å². The summed E-state index contributed by atoms with van der Waals surface area (Å²) in [5.74, 6) is 0. The van der Waals surface area contributed by atoms with E-state index in [-0.39, 0.29) is 136 Å². The minimum absolute atomic E-state index is 0. The Balaban J connectivity index is -0.000000000238. The van der Waals surface area contributed by atoms with Crippen molar-refractivity contribution in [2.75, 3.05) is 0 Å². The van der Waals surface area contributed by atoms with E-state index in [1.165, 1.54) is 0 Å². The molecule has 0 aliphatic rings. The van der Waals surface area contributed by atoms with Gasteiger partial charge in [0.15, 0.2) is 0 Å². The molecule has 0 saturated heterocycles. The Morgan fingerprint density at radius 2 is 1.40 bits per heavy atom. The number of hydrogen-bond donors (Lipinski definition) is 0. The van der Waals surface area contributed by atoms with Crippen LogP contribution < -0.4 is 80.9 Å². The zero-order valence-corrected chi connectivity index (χ0v) is 13.3. The summed E-state index contributed by atoms with van der Waals surface area (Å²) in [6.07, 6.45) is 0. The maximum Gasteiger partial charge on any atom is 2.00 e. The van der Waals surface area contributed by atoms with E-state index >= 15 is 0 Å². The molecular formula is H4BBaKNaO. The summed E-state index contributed by atoms with van der Waals surface area (Å²) in [7, 11) is 3.25. The third-order valence-electron chi connectivity index (χ3n) is 0. The van der Waals surface area contributed by atoms with Crippen LogP contribution in [-0.4, -0.2) is 56.6 Å². The monoisotopic (exact) mass is 231 g/mol. The van der Waals surface area contributed by atoms with Crippen molar-refractivity contribution in [1.82, 2.24) is 0 Å². The molecule has 0 rings (SSSR count). The van der Waals surface area contributed by atoms with Crippen molar-refractivity contribution in [3.05, 3.63) is 0 Å². The molecule has 0 atom stereocenters. The van der Waals surface area contributed by atoms with Crippen LogP contribution in [0.2, 0.25) is 0 Å². The predicted octanol–water partition coefficient (Wildman–Crippen LogP) is -6.42. The largest absolute Gasteiger partial charge is 2.00 e. The van der Waals surface area contributed by atoms with Crippen molar-refractivity contribution < 1.29 is 91.4 Å². The molecule has 0 aromatic carbocycles. The zero-order valence-electron chi connectivity index (χ0n) is 7.69. The fourth-order valence-corrected chi connectivity index (χ4v) is 0. The van der Waals surface area contributed by atoms with Crippen LogP contribution in [0.4, 0.5) is 0 Å². The van der Waals surface area contributed by atoms with Gasteiger partial charge in [0.25, 0.3) is 0 Å². The van der Waals surface area contributed by atoms with Crippen LogP contribution in [0.3, 0.4) is 0 Å². The van der Waals surface area contributed by atoms with Crippen LogP contribution >= 0.6 is 0 Å². The van der Waals surface area contributed by atoms with Gasteiger partial charge in [-0.05, 0) is 0 Å². The summed E-state index contributed by atoms with van der Waals surface area (Å²) in [6.45, 7) is 0. The maximum atomic E-state index is 7.75. The number of rotatable bonds is 0. The predicted molar refractivity (Wildman–Crippen MR) is 16.6 cm³/mol. The van der Waals surface area contributed by atoms with Crippen LogP contribution in [-0.2, 0) is 4.70 Å². The van der Waals surface area contributed by atoms with Gasteiger partial charge in [0.05, 0.1) is 0 Å². The Labute approximate surface area is 144 Å². The summed E-state index contributed by atoms with van der Waals surface area (Å²) in [4.78, 5) is 0. The molecule has 5 heavy (non-hydrogen) atoms. The molecular weight excluding hydrogens is 226 g/mol. The van der Waals surface area contributed by atoms with Gasteiger partial charge in [-0.15, -0.1) is 0 Å². The van der Waals surface area contributed by atoms with Crippen molar-refractivity contribution in [3.8, 4) is 0 Å². The van der Waals surface area contributed by atoms with Crippen molar-refractivity contribution >= 4 is 56.6 Å². The molecule has 0 N–H and O–H groups in total. The Morgan fingerprint density at radius 1 is 1.40 bits per heavy atom. The van der Waals surface area contributed by atoms with E-state index in [4.69, 9.17) is 4.70 Å². The minimum Gasteiger partial charge on any atom is -1.00 e. The van der Waals surface area contributed by atoms with Gasteiger partial charge in [-0.25, -0.2) is 0 Å². The van der Waals surface area contributed by atoms with Gasteiger partial charge in [0.2, 0.25) is 0 Å². The van der Waals surface area contributed by atoms with E-state index in [9.17, 15) is 0 Å². The molecule has 1 nitrogen and oxygen atoms in total. The first-order valence-electron chi connectivity index (χ1n) is 0.236. The second kappa shape index (κ2) is 24.3. The molecule has 0 bridgehead atoms. The molecule has 0 aliphatic carbocycles. The van der Waals surface area contributed by atoms with E-state index < -0.39 is 0 Å². The normalized spacial score (nSPS) is 0.600. The van der Waals surface area contributed by atoms with Gasteiger partial charge in [-0.2, -0.15) is 0 Å². The van der Waals surface area contributed by atoms with E-state index in [0.717, 1.165) is 0 Å². The fraction of sp³-hybridized carbons (Fsp3) is 0. The molecule has 17 valence electrons. The topological polar surface area (TPSA) is 17.1 Å². The minimum atomic E-state index is 0. The Bertz CT molecular complexity index is 20.5. The average Bonchev–Trinajstić information content (AvgIpc) is 1.00. The van der Waals surface area contributed by atoms with Crippen LogP contribution in [0.15, 0.2) is 0 Å². The van der Waals surface area contributed by atoms with Gasteiger partial charge in [-0.3, -0.25) is 0 Å². The van der Waals surface area contributed by atoms with Crippen molar-refractivity contribution in [2.45, 2.75) is 0 Å². The van der Waals surface area contributed by atoms with Gasteiger partial charge >= 0.3 is 142 Å². The number of hydrogen-bond acceptors (Lipinski definition) is 1. The summed E-state index contributed by atoms with van der Waals surface area (Å²) < 4.78 is 7.75. The van der Waals surface area contributed by atoms with Crippen molar-refractivity contribution in [3.63, 3.8) is 0 Å². The molecule has 5 heteroatoms. The second-order valence-electron chi connectivity index (χ2n) is 0. The standard InChI is InChI=1S/BO.Ba.K.Na.4H/c1-2;;;;;;;/q;+2;2*+1;4*-1. The molecule has 0 spiro atoms. The smallest absolute Gasteiger partial charge is 1.00 e. The first kappa shape index (κ1) is 23.0. The van der Waals surface area contributed by atoms with Gasteiger partial charge in [0.1, 0.15) is 0 Å². The van der Waals surface area contributed by atoms with Crippen molar-refractivity contribution in [2.24, 2.45) is 0 Å². The van der Waals surface area contributed by atoms with Crippen LogP contribution in [0.25, 0.3) is 0 Å². The van der Waals surface area contributed by atoms with Crippen LogP contribution in [0.5, 0.6) is 0 Å². The first-order valence-corrected chi connectivity index (χ1v) is 0.236. The molecule has 0 aliphatic heterocycles. The Hall–Kier alpha value is 4.07. The SMILES string of the molecule is [B]=O.[Ba+2].[H-].[H-].[H-].[H-].[K+].[Na+]. The molecule has 0 unspecified atom stereocenters. The summed E-state index contributed by atoms with van der Waals surface area (Å²) in [5, 5.41) is 0. The van der Waals surface area contributed by atoms with Crippen LogP contribution in [0.1, 0.15) is 5.71 Å². The maximum absolute atomic E-state index is 7.75. The van der Waals surface area contributed by atoms with Gasteiger partial charge in [0, 0.05) is 0 Å². The molecule has 0 aromatic rings. The molecule has 0 saturated carbocycles. The molecule has 0 heterocycles. The first-order chi connectivity index (χ1) is 1.00. The van der Waals surface area contributed by atoms with Crippen LogP contribution in [0, 0.1) is 0 Å². The zero-order chi connectivity index (χ0) is 2.00. The summed E-state index contributed by atoms with van der Waals surface area (Å²) in [6, 6.07) is 0. The summed E-state index contributed by atoms with van der Waals surface area (Å²) >= 11 is 0. The van der Waals surface area contributed by atoms with Crippen molar-refractivity contribution in [1.29, 1.82) is 0 Å².